The van der Waals surface area contributed by atoms with E-state index in [1.807, 2.05) is 0 Å². The van der Waals surface area contributed by atoms with Crippen molar-refractivity contribution in [1.29, 1.82) is 0 Å². The number of carbonyl (C=O) groups is 1. The van der Waals surface area contributed by atoms with Gasteiger partial charge in [-0.05, 0) is 50.4 Å². The number of hydrogen-bond acceptors (Lipinski definition) is 4. The Morgan fingerprint density at radius 3 is 2.70 bits per heavy atom. The molecule has 6 nitrogen and oxygen atoms in total. The smallest absolute Gasteiger partial charge is 0.254 e. The third kappa shape index (κ3) is 2.69. The van der Waals surface area contributed by atoms with Gasteiger partial charge in [0.05, 0.1) is 18.0 Å². The number of H-pyrrole nitrogens is 1. The van der Waals surface area contributed by atoms with E-state index in [0.29, 0.717) is 11.8 Å². The summed E-state index contributed by atoms with van der Waals surface area (Å²) in [7, 11) is 0. The number of aromatic amines is 1. The molecule has 5 rings (SSSR count). The first kappa shape index (κ1) is 15.2. The lowest BCUT2D eigenvalue weighted by Crippen LogP contribution is -2.58. The molecule has 0 aromatic carbocycles. The number of rotatable bonds is 3. The van der Waals surface area contributed by atoms with Gasteiger partial charge in [-0.15, -0.1) is 0 Å². The highest BCUT2D eigenvalue weighted by atomic mass is 79.9. The van der Waals surface area contributed by atoms with Crippen LogP contribution >= 0.6 is 15.9 Å². The van der Waals surface area contributed by atoms with E-state index in [-0.39, 0.29) is 33.9 Å². The van der Waals surface area contributed by atoms with Crippen LogP contribution in [0.4, 0.5) is 0 Å². The Morgan fingerprint density at radius 2 is 2.09 bits per heavy atom. The van der Waals surface area contributed by atoms with Gasteiger partial charge in [-0.1, -0.05) is 15.9 Å². The number of alkyl halides is 1. The maximum absolute atomic E-state index is 12.9. The van der Waals surface area contributed by atoms with Crippen LogP contribution in [0.2, 0.25) is 0 Å². The molecule has 3 N–H and O–H groups in total. The lowest BCUT2D eigenvalue weighted by molar-refractivity contribution is -0.144. The average molecular weight is 382 g/mol. The Labute approximate surface area is 142 Å². The molecule has 2 atom stereocenters. The number of aromatic nitrogens is 2. The fraction of sp³-hybridized carbons (Fsp3) is 0.688. The molecule has 1 amide bonds. The van der Waals surface area contributed by atoms with Crippen LogP contribution in [-0.2, 0) is 11.3 Å². The van der Waals surface area contributed by atoms with Crippen molar-refractivity contribution in [2.45, 2.75) is 49.4 Å². The molecule has 4 aliphatic rings. The van der Waals surface area contributed by atoms with Crippen LogP contribution in [0, 0.1) is 17.3 Å². The Hall–Kier alpha value is -1.37. The van der Waals surface area contributed by atoms with Gasteiger partial charge in [-0.25, -0.2) is 0 Å². The lowest BCUT2D eigenvalue weighted by Gasteiger charge is -2.59. The number of aromatic hydroxyl groups is 1. The zero-order valence-electron chi connectivity index (χ0n) is 12.8. The van der Waals surface area contributed by atoms with Crippen LogP contribution in [0.5, 0.6) is 5.88 Å². The molecular weight excluding hydrogens is 362 g/mol. The molecule has 0 radical (unpaired) electrons. The molecule has 2 unspecified atom stereocenters. The van der Waals surface area contributed by atoms with E-state index in [0.717, 1.165) is 25.3 Å². The molecule has 1 heterocycles. The van der Waals surface area contributed by atoms with E-state index in [9.17, 15) is 14.7 Å². The number of carbonyl (C=O) groups excluding carboxylic acids is 1. The lowest BCUT2D eigenvalue weighted by atomic mass is 9.49. The summed E-state index contributed by atoms with van der Waals surface area (Å²) in [6.45, 7) is 0.134. The Morgan fingerprint density at radius 1 is 1.39 bits per heavy atom. The predicted octanol–water partition coefficient (Wildman–Crippen LogP) is 1.83. The van der Waals surface area contributed by atoms with Crippen molar-refractivity contribution in [1.82, 2.24) is 15.3 Å². The van der Waals surface area contributed by atoms with Crippen LogP contribution in [0.3, 0.4) is 0 Å². The molecule has 4 saturated carbocycles. The van der Waals surface area contributed by atoms with Gasteiger partial charge in [0.1, 0.15) is 5.82 Å². The molecule has 0 saturated heterocycles. The van der Waals surface area contributed by atoms with Crippen LogP contribution in [-0.4, -0.2) is 25.3 Å². The molecule has 23 heavy (non-hydrogen) atoms. The summed E-state index contributed by atoms with van der Waals surface area (Å²) >= 11 is 3.90. The number of nitrogens with one attached hydrogen (secondary N) is 2. The normalized spacial score (nSPS) is 37.8. The van der Waals surface area contributed by atoms with Crippen molar-refractivity contribution >= 4 is 21.8 Å². The minimum Gasteiger partial charge on any atom is -0.493 e. The van der Waals surface area contributed by atoms with Gasteiger partial charge >= 0.3 is 0 Å². The third-order valence-corrected chi connectivity index (χ3v) is 6.59. The predicted molar refractivity (Wildman–Crippen MR) is 87.1 cm³/mol. The fourth-order valence-electron chi connectivity index (χ4n) is 5.35. The van der Waals surface area contributed by atoms with E-state index >= 15 is 0 Å². The first-order valence-electron chi connectivity index (χ1n) is 8.12. The summed E-state index contributed by atoms with van der Waals surface area (Å²) in [5, 5.41) is 12.3. The first-order valence-corrected chi connectivity index (χ1v) is 8.92. The second-order valence-corrected chi connectivity index (χ2v) is 9.31. The van der Waals surface area contributed by atoms with E-state index in [4.69, 9.17) is 0 Å². The van der Waals surface area contributed by atoms with Gasteiger partial charge in [0.25, 0.3) is 5.56 Å². The number of halogens is 1. The highest BCUT2D eigenvalue weighted by molar-refractivity contribution is 9.10. The quantitative estimate of drug-likeness (QED) is 0.695. The Balaban J connectivity index is 1.50. The molecule has 4 aliphatic carbocycles. The number of hydrogen-bond donors (Lipinski definition) is 3. The summed E-state index contributed by atoms with van der Waals surface area (Å²) < 4.78 is 0.131. The van der Waals surface area contributed by atoms with Crippen molar-refractivity contribution in [3.05, 3.63) is 22.2 Å². The second-order valence-electron chi connectivity index (χ2n) is 7.63. The van der Waals surface area contributed by atoms with Crippen LogP contribution < -0.4 is 10.9 Å². The highest BCUT2D eigenvalue weighted by Gasteiger charge is 2.59. The summed E-state index contributed by atoms with van der Waals surface area (Å²) in [6.07, 6.45) is 6.44. The van der Waals surface area contributed by atoms with Crippen LogP contribution in [0.25, 0.3) is 0 Å². The van der Waals surface area contributed by atoms with Gasteiger partial charge in [-0.2, -0.15) is 4.98 Å². The molecule has 124 valence electrons. The molecule has 4 fully saturated rings. The summed E-state index contributed by atoms with van der Waals surface area (Å²) in [6, 6.07) is 1.01. The number of nitrogens with zero attached hydrogens (tertiary/aromatic N) is 1. The van der Waals surface area contributed by atoms with Gasteiger partial charge < -0.3 is 15.4 Å². The van der Waals surface area contributed by atoms with Crippen molar-refractivity contribution in [3.8, 4) is 5.88 Å². The molecule has 7 heteroatoms. The molecule has 0 aliphatic heterocycles. The minimum absolute atomic E-state index is 0.0569. The standard InChI is InChI=1S/C16H20BrN3O3/c17-16-5-9-1-10(6-16)4-15(3-9,8-16)14(23)18-7-11-19-12(21)2-13(22)20-11/h2,9-10H,1,3-8H2,(H,18,23)(H2,19,20,21,22). The van der Waals surface area contributed by atoms with Crippen molar-refractivity contribution in [3.63, 3.8) is 0 Å². The molecular formula is C16H20BrN3O3. The molecule has 1 aromatic heterocycles. The zero-order valence-corrected chi connectivity index (χ0v) is 14.4. The van der Waals surface area contributed by atoms with E-state index in [1.165, 1.54) is 19.3 Å². The third-order valence-electron chi connectivity index (χ3n) is 5.66. The maximum atomic E-state index is 12.9. The van der Waals surface area contributed by atoms with E-state index in [2.05, 4.69) is 31.2 Å². The Bertz CT molecular complexity index is 703. The maximum Gasteiger partial charge on any atom is 0.254 e. The topological polar surface area (TPSA) is 95.1 Å². The van der Waals surface area contributed by atoms with Gasteiger partial charge in [-0.3, -0.25) is 9.59 Å². The van der Waals surface area contributed by atoms with Crippen LogP contribution in [0.1, 0.15) is 44.3 Å². The highest BCUT2D eigenvalue weighted by Crippen LogP contribution is 2.64. The van der Waals surface area contributed by atoms with E-state index in [1.54, 1.807) is 0 Å². The SMILES string of the molecule is O=C(NCc1nc(O)cc(=O)[nH]1)C12CC3CC(CC(Br)(C3)C1)C2. The minimum atomic E-state index is -0.420. The molecule has 4 bridgehead atoms. The fourth-order valence-corrected chi connectivity index (χ4v) is 6.80. The van der Waals surface area contributed by atoms with Crippen molar-refractivity contribution in [2.24, 2.45) is 17.3 Å². The summed E-state index contributed by atoms with van der Waals surface area (Å²) in [5.74, 6) is 1.29. The monoisotopic (exact) mass is 381 g/mol. The Kier molecular flexibility index (Phi) is 3.34. The van der Waals surface area contributed by atoms with E-state index < -0.39 is 5.56 Å². The van der Waals surface area contributed by atoms with Crippen molar-refractivity contribution in [2.75, 3.05) is 0 Å². The van der Waals surface area contributed by atoms with Gasteiger partial charge in [0, 0.05) is 4.32 Å². The largest absolute Gasteiger partial charge is 0.493 e. The van der Waals surface area contributed by atoms with Gasteiger partial charge in [0.2, 0.25) is 11.8 Å². The first-order chi connectivity index (χ1) is 10.9. The van der Waals surface area contributed by atoms with Crippen molar-refractivity contribution < 1.29 is 9.90 Å². The second kappa shape index (κ2) is 5.06. The van der Waals surface area contributed by atoms with Crippen LogP contribution in [0.15, 0.2) is 10.9 Å². The van der Waals surface area contributed by atoms with Gasteiger partial charge in [0.15, 0.2) is 0 Å². The molecule has 0 spiro atoms. The number of amides is 1. The molecule has 1 aromatic rings. The summed E-state index contributed by atoms with van der Waals surface area (Å²) in [4.78, 5) is 30.6. The summed E-state index contributed by atoms with van der Waals surface area (Å²) in [5.41, 5.74) is -0.707. The average Bonchev–Trinajstić information content (AvgIpc) is 2.41. The zero-order chi connectivity index (χ0) is 16.2.